The quantitative estimate of drug-likeness (QED) is 0.830. The van der Waals surface area contributed by atoms with Gasteiger partial charge in [-0.25, -0.2) is 18.5 Å². The van der Waals surface area contributed by atoms with Gasteiger partial charge in [0.2, 0.25) is 0 Å². The summed E-state index contributed by atoms with van der Waals surface area (Å²) < 4.78 is 60.5. The number of sulfonamides is 1. The lowest BCUT2D eigenvalue weighted by atomic mass is 9.96. The van der Waals surface area contributed by atoms with Crippen molar-refractivity contribution in [2.75, 3.05) is 0 Å². The highest BCUT2D eigenvalue weighted by molar-refractivity contribution is 7.89. The number of aryl methyl sites for hydroxylation is 1. The molecule has 27 heavy (non-hydrogen) atoms. The predicted molar refractivity (Wildman–Crippen MR) is 96.1 cm³/mol. The summed E-state index contributed by atoms with van der Waals surface area (Å²) in [5.74, 6) is 0. The van der Waals surface area contributed by atoms with Crippen LogP contribution in [0.15, 0.2) is 65.3 Å². The van der Waals surface area contributed by atoms with Gasteiger partial charge in [0.05, 0.1) is 5.56 Å². The average Bonchev–Trinajstić information content (AvgIpc) is 3.07. The van der Waals surface area contributed by atoms with Crippen LogP contribution in [0.25, 0.3) is 5.57 Å². The highest BCUT2D eigenvalue weighted by atomic mass is 32.2. The van der Waals surface area contributed by atoms with Crippen LogP contribution < -0.4 is 5.14 Å². The summed E-state index contributed by atoms with van der Waals surface area (Å²) in [6, 6.07) is 8.16. The fourth-order valence-electron chi connectivity index (χ4n) is 2.95. The minimum absolute atomic E-state index is 0.194. The van der Waals surface area contributed by atoms with Crippen LogP contribution in [-0.2, 0) is 22.6 Å². The van der Waals surface area contributed by atoms with Crippen LogP contribution in [0.3, 0.4) is 0 Å². The van der Waals surface area contributed by atoms with Crippen LogP contribution in [0.4, 0.5) is 13.2 Å². The van der Waals surface area contributed by atoms with Crippen LogP contribution in [-0.4, -0.2) is 13.4 Å². The second kappa shape index (κ2) is 7.28. The molecule has 0 fully saturated rings. The van der Waals surface area contributed by atoms with Gasteiger partial charge in [-0.3, -0.25) is 0 Å². The predicted octanol–water partition coefficient (Wildman–Crippen LogP) is 4.09. The lowest BCUT2D eigenvalue weighted by molar-refractivity contribution is -0.137. The SMILES string of the molecule is NS(=O)(=O)c1ccc(C2=CCC=C2CCc2ccc(C(F)(F)F)cc2)cn1. The number of nitrogens with two attached hydrogens (primary N) is 1. The van der Waals surface area contributed by atoms with Gasteiger partial charge in [0.15, 0.2) is 5.03 Å². The van der Waals surface area contributed by atoms with E-state index < -0.39 is 21.8 Å². The van der Waals surface area contributed by atoms with E-state index in [1.54, 1.807) is 6.07 Å². The topological polar surface area (TPSA) is 73.1 Å². The molecule has 1 heterocycles. The van der Waals surface area contributed by atoms with Gasteiger partial charge in [-0.15, -0.1) is 0 Å². The van der Waals surface area contributed by atoms with Crippen molar-refractivity contribution < 1.29 is 21.6 Å². The summed E-state index contributed by atoms with van der Waals surface area (Å²) in [6.07, 6.45) is 3.19. The van der Waals surface area contributed by atoms with Gasteiger partial charge in [-0.2, -0.15) is 13.2 Å². The van der Waals surface area contributed by atoms with Gasteiger partial charge in [0, 0.05) is 11.8 Å². The maximum absolute atomic E-state index is 12.6. The Balaban J connectivity index is 1.68. The van der Waals surface area contributed by atoms with Gasteiger partial charge in [0.25, 0.3) is 10.0 Å². The van der Waals surface area contributed by atoms with Gasteiger partial charge in [-0.05, 0) is 60.2 Å². The van der Waals surface area contributed by atoms with Crippen LogP contribution in [0.1, 0.15) is 29.5 Å². The molecule has 1 aromatic heterocycles. The molecule has 0 bridgehead atoms. The number of halogens is 3. The van der Waals surface area contributed by atoms with Crippen molar-refractivity contribution >= 4 is 15.6 Å². The van der Waals surface area contributed by atoms with Crippen molar-refractivity contribution in [1.29, 1.82) is 0 Å². The van der Waals surface area contributed by atoms with Gasteiger partial charge in [-0.1, -0.05) is 24.3 Å². The highest BCUT2D eigenvalue weighted by Crippen LogP contribution is 2.33. The Morgan fingerprint density at radius 1 is 1.00 bits per heavy atom. The highest BCUT2D eigenvalue weighted by Gasteiger charge is 2.29. The molecule has 142 valence electrons. The van der Waals surface area contributed by atoms with Crippen LogP contribution in [0.2, 0.25) is 0 Å². The van der Waals surface area contributed by atoms with Gasteiger partial charge >= 0.3 is 6.18 Å². The molecule has 2 N–H and O–H groups in total. The molecule has 0 radical (unpaired) electrons. The second-order valence-electron chi connectivity index (χ2n) is 6.21. The first-order valence-corrected chi connectivity index (χ1v) is 9.74. The molecule has 0 unspecified atom stereocenters. The van der Waals surface area contributed by atoms with Gasteiger partial charge in [0.1, 0.15) is 0 Å². The Bertz CT molecular complexity index is 991. The van der Waals surface area contributed by atoms with E-state index in [1.165, 1.54) is 24.4 Å². The molecule has 4 nitrogen and oxygen atoms in total. The zero-order chi connectivity index (χ0) is 19.7. The number of allylic oxidation sites excluding steroid dienone is 4. The summed E-state index contributed by atoms with van der Waals surface area (Å²) in [7, 11) is -3.84. The second-order valence-corrected chi connectivity index (χ2v) is 7.72. The Kier molecular flexibility index (Phi) is 5.21. The fourth-order valence-corrected chi connectivity index (χ4v) is 3.40. The zero-order valence-electron chi connectivity index (χ0n) is 14.2. The lowest BCUT2D eigenvalue weighted by Gasteiger charge is -2.11. The van der Waals surface area contributed by atoms with E-state index in [0.29, 0.717) is 12.8 Å². The van der Waals surface area contributed by atoms with Crippen LogP contribution >= 0.6 is 0 Å². The van der Waals surface area contributed by atoms with Crippen molar-refractivity contribution in [2.45, 2.75) is 30.5 Å². The van der Waals surface area contributed by atoms with E-state index in [0.717, 1.165) is 40.8 Å². The smallest absolute Gasteiger partial charge is 0.243 e. The fraction of sp³-hybridized carbons (Fsp3) is 0.211. The molecule has 8 heteroatoms. The number of benzene rings is 1. The molecular weight excluding hydrogens is 377 g/mol. The molecule has 0 amide bonds. The first-order chi connectivity index (χ1) is 12.6. The first kappa shape index (κ1) is 19.3. The number of hydrogen-bond donors (Lipinski definition) is 1. The van der Waals surface area contributed by atoms with Crippen LogP contribution in [0, 0.1) is 0 Å². The number of hydrogen-bond acceptors (Lipinski definition) is 3. The summed E-state index contributed by atoms with van der Waals surface area (Å²) in [6.45, 7) is 0. The Hall–Kier alpha value is -2.45. The monoisotopic (exact) mass is 394 g/mol. The minimum atomic E-state index is -4.33. The van der Waals surface area contributed by atoms with Crippen molar-refractivity contribution in [2.24, 2.45) is 5.14 Å². The van der Waals surface area contributed by atoms with Crippen molar-refractivity contribution in [3.63, 3.8) is 0 Å². The Morgan fingerprint density at radius 3 is 2.26 bits per heavy atom. The molecule has 0 aliphatic heterocycles. The van der Waals surface area contributed by atoms with Crippen molar-refractivity contribution in [3.05, 3.63) is 77.0 Å². The molecule has 0 saturated carbocycles. The number of alkyl halides is 3. The summed E-state index contributed by atoms with van der Waals surface area (Å²) in [5, 5.41) is 4.86. The maximum Gasteiger partial charge on any atom is 0.416 e. The van der Waals surface area contributed by atoms with E-state index >= 15 is 0 Å². The van der Waals surface area contributed by atoms with E-state index in [1.807, 2.05) is 12.2 Å². The van der Waals surface area contributed by atoms with Gasteiger partial charge < -0.3 is 0 Å². The normalized spacial score (nSPS) is 14.8. The average molecular weight is 394 g/mol. The number of pyridine rings is 1. The molecule has 0 saturated heterocycles. The minimum Gasteiger partial charge on any atom is -0.243 e. The number of aromatic nitrogens is 1. The third kappa shape index (κ3) is 4.64. The molecule has 1 aliphatic carbocycles. The molecule has 0 atom stereocenters. The summed E-state index contributed by atoms with van der Waals surface area (Å²) >= 11 is 0. The number of primary sulfonamides is 1. The molecule has 0 spiro atoms. The zero-order valence-corrected chi connectivity index (χ0v) is 15.0. The summed E-state index contributed by atoms with van der Waals surface area (Å²) in [4.78, 5) is 3.89. The van der Waals surface area contributed by atoms with E-state index in [2.05, 4.69) is 4.98 Å². The number of nitrogens with zero attached hydrogens (tertiary/aromatic N) is 1. The molecule has 1 aliphatic rings. The van der Waals surface area contributed by atoms with Crippen LogP contribution in [0.5, 0.6) is 0 Å². The Labute approximate surface area is 155 Å². The first-order valence-electron chi connectivity index (χ1n) is 8.19. The Morgan fingerprint density at radius 2 is 1.70 bits per heavy atom. The van der Waals surface area contributed by atoms with Crippen molar-refractivity contribution in [3.8, 4) is 0 Å². The largest absolute Gasteiger partial charge is 0.416 e. The van der Waals surface area contributed by atoms with E-state index in [-0.39, 0.29) is 5.03 Å². The molecule has 1 aromatic carbocycles. The van der Waals surface area contributed by atoms with E-state index in [4.69, 9.17) is 5.14 Å². The van der Waals surface area contributed by atoms with E-state index in [9.17, 15) is 21.6 Å². The number of rotatable bonds is 5. The molecular formula is C19H17F3N2O2S. The van der Waals surface area contributed by atoms with Crippen molar-refractivity contribution in [1.82, 2.24) is 4.98 Å². The lowest BCUT2D eigenvalue weighted by Crippen LogP contribution is -2.13. The summed E-state index contributed by atoms with van der Waals surface area (Å²) in [5.41, 5.74) is 2.94. The third-order valence-corrected chi connectivity index (χ3v) is 5.16. The molecule has 3 rings (SSSR count). The maximum atomic E-state index is 12.6. The molecule has 2 aromatic rings. The third-order valence-electron chi connectivity index (χ3n) is 4.34. The standard InChI is InChI=1S/C19H17F3N2O2S/c20-19(21,22)16-9-5-13(6-10-16)4-7-14-2-1-3-17(14)15-8-11-18(24-12-15)27(23,25)26/h2-3,5-6,8-12H,1,4,7H2,(H2,23,25,26).